The number of amides is 2. The number of likely N-dealkylation sites (tertiary alicyclic amines) is 1. The highest BCUT2D eigenvalue weighted by Crippen LogP contribution is 2.36. The van der Waals surface area contributed by atoms with Gasteiger partial charge in [-0.1, -0.05) is 42.5 Å². The lowest BCUT2D eigenvalue weighted by molar-refractivity contribution is -0.117. The fourth-order valence-electron chi connectivity index (χ4n) is 5.63. The van der Waals surface area contributed by atoms with Crippen molar-refractivity contribution in [1.29, 1.82) is 0 Å². The molecule has 2 amide bonds. The summed E-state index contributed by atoms with van der Waals surface area (Å²) in [6.07, 6.45) is 4.84. The summed E-state index contributed by atoms with van der Waals surface area (Å²) in [5.74, 6) is 0.190. The molecule has 9 nitrogen and oxygen atoms in total. The highest BCUT2D eigenvalue weighted by molar-refractivity contribution is 7.18. The van der Waals surface area contributed by atoms with E-state index in [0.29, 0.717) is 29.5 Å². The van der Waals surface area contributed by atoms with Crippen molar-refractivity contribution in [3.8, 4) is 10.4 Å². The van der Waals surface area contributed by atoms with Crippen LogP contribution in [0, 0.1) is 0 Å². The van der Waals surface area contributed by atoms with Crippen molar-refractivity contribution in [3.63, 3.8) is 0 Å². The second-order valence-electron chi connectivity index (χ2n) is 11.0. The number of carbonyl (C=O) groups is 2. The fourth-order valence-corrected chi connectivity index (χ4v) is 7.52. The smallest absolute Gasteiger partial charge is 0.264 e. The number of para-hydroxylation sites is 1. The topological polar surface area (TPSA) is 122 Å². The number of hydrogen-bond acceptors (Lipinski definition) is 8. The number of aromatic nitrogens is 2. The number of nitrogens with zero attached hydrogens (tertiary/aromatic N) is 2. The van der Waals surface area contributed by atoms with Crippen LogP contribution < -0.4 is 16.0 Å². The highest BCUT2D eigenvalue weighted by Gasteiger charge is 2.35. The van der Waals surface area contributed by atoms with Crippen LogP contribution in [-0.4, -0.2) is 57.5 Å². The first kappa shape index (κ1) is 27.9. The first-order valence-corrected chi connectivity index (χ1v) is 16.1. The molecule has 2 fully saturated rings. The third-order valence-electron chi connectivity index (χ3n) is 8.14. The van der Waals surface area contributed by atoms with E-state index in [4.69, 9.17) is 0 Å². The van der Waals surface area contributed by atoms with E-state index >= 15 is 0 Å². The standard InChI is InChI=1S/C32H32N6O3S2/c39-29(23-15-34-24-5-2-1-4-22(23)24)35-14-19-7-9-20(10-8-19)27-16-36-31(43-27)21-17-38(18-21)32(41)26-11-12-28(42-26)37-30(40)25-6-3-13-33-25/h1-2,4-5,7-12,15-16,21,25,29,33-35,39H,3,6,13-14,17-18H2,(H,37,40)/t25-,29?/m0/s1. The number of rotatable bonds is 9. The van der Waals surface area contributed by atoms with E-state index in [1.54, 1.807) is 17.4 Å². The number of benzene rings is 2. The Labute approximate surface area is 257 Å². The van der Waals surface area contributed by atoms with Gasteiger partial charge in [0.15, 0.2) is 0 Å². The molecule has 2 aliphatic rings. The summed E-state index contributed by atoms with van der Waals surface area (Å²) in [6.45, 7) is 2.69. The van der Waals surface area contributed by atoms with Crippen LogP contribution >= 0.6 is 22.7 Å². The molecule has 220 valence electrons. The number of anilines is 1. The summed E-state index contributed by atoms with van der Waals surface area (Å²) >= 11 is 2.99. The minimum absolute atomic E-state index is 0.00321. The maximum atomic E-state index is 13.0. The Balaban J connectivity index is 0.905. The van der Waals surface area contributed by atoms with Gasteiger partial charge >= 0.3 is 0 Å². The fraction of sp³-hybridized carbons (Fsp3) is 0.281. The Hall–Kier alpha value is -3.87. The molecular formula is C32H32N6O3S2. The molecule has 3 aromatic heterocycles. The predicted molar refractivity (Wildman–Crippen MR) is 170 cm³/mol. The molecule has 7 rings (SSSR count). The number of nitrogens with one attached hydrogen (secondary N) is 4. The van der Waals surface area contributed by atoms with Crippen molar-refractivity contribution < 1.29 is 14.7 Å². The number of thiophene rings is 1. The van der Waals surface area contributed by atoms with Gasteiger partial charge < -0.3 is 25.6 Å². The van der Waals surface area contributed by atoms with Gasteiger partial charge in [-0.05, 0) is 48.7 Å². The number of H-pyrrole nitrogens is 1. The highest BCUT2D eigenvalue weighted by atomic mass is 32.1. The van der Waals surface area contributed by atoms with Crippen LogP contribution in [0.25, 0.3) is 21.3 Å². The maximum Gasteiger partial charge on any atom is 0.264 e. The number of hydrogen-bond donors (Lipinski definition) is 5. The van der Waals surface area contributed by atoms with Crippen molar-refractivity contribution in [2.75, 3.05) is 25.0 Å². The van der Waals surface area contributed by atoms with Gasteiger partial charge in [-0.2, -0.15) is 0 Å². The summed E-state index contributed by atoms with van der Waals surface area (Å²) in [5, 5.41) is 22.8. The molecule has 0 spiro atoms. The molecule has 11 heteroatoms. The zero-order chi connectivity index (χ0) is 29.3. The van der Waals surface area contributed by atoms with Crippen molar-refractivity contribution in [1.82, 2.24) is 25.5 Å². The molecule has 1 unspecified atom stereocenters. The van der Waals surface area contributed by atoms with Crippen LogP contribution in [0.4, 0.5) is 5.00 Å². The normalized spacial score (nSPS) is 17.7. The Morgan fingerprint density at radius 2 is 1.91 bits per heavy atom. The van der Waals surface area contributed by atoms with E-state index < -0.39 is 6.23 Å². The second kappa shape index (κ2) is 12.0. The predicted octanol–water partition coefficient (Wildman–Crippen LogP) is 5.06. The lowest BCUT2D eigenvalue weighted by Crippen LogP contribution is -2.48. The Kier molecular flexibility index (Phi) is 7.81. The number of carbonyl (C=O) groups excluding carboxylic acids is 2. The molecule has 43 heavy (non-hydrogen) atoms. The largest absolute Gasteiger partial charge is 0.374 e. The van der Waals surface area contributed by atoms with E-state index in [1.165, 1.54) is 11.3 Å². The molecule has 2 aromatic carbocycles. The zero-order valence-corrected chi connectivity index (χ0v) is 25.0. The minimum Gasteiger partial charge on any atom is -0.374 e. The summed E-state index contributed by atoms with van der Waals surface area (Å²) in [5.41, 5.74) is 4.01. The van der Waals surface area contributed by atoms with Crippen molar-refractivity contribution in [2.24, 2.45) is 0 Å². The first-order valence-electron chi connectivity index (χ1n) is 14.5. The molecule has 2 atom stereocenters. The van der Waals surface area contributed by atoms with E-state index in [0.717, 1.165) is 56.9 Å². The summed E-state index contributed by atoms with van der Waals surface area (Å²) in [7, 11) is 0. The van der Waals surface area contributed by atoms with E-state index in [1.807, 2.05) is 47.6 Å². The van der Waals surface area contributed by atoms with Crippen LogP contribution in [0.2, 0.25) is 0 Å². The minimum atomic E-state index is -0.768. The summed E-state index contributed by atoms with van der Waals surface area (Å²) in [6, 6.07) is 19.7. The molecule has 0 bridgehead atoms. The number of aliphatic hydroxyl groups is 1. The molecule has 5 heterocycles. The molecule has 0 radical (unpaired) electrons. The van der Waals surface area contributed by atoms with Crippen molar-refractivity contribution in [2.45, 2.75) is 37.6 Å². The Morgan fingerprint density at radius 3 is 2.72 bits per heavy atom. The van der Waals surface area contributed by atoms with Crippen molar-refractivity contribution >= 4 is 50.4 Å². The Morgan fingerprint density at radius 1 is 1.07 bits per heavy atom. The first-order chi connectivity index (χ1) is 21.0. The molecular weight excluding hydrogens is 581 g/mol. The zero-order valence-electron chi connectivity index (χ0n) is 23.4. The molecule has 0 saturated carbocycles. The van der Waals surface area contributed by atoms with Crippen LogP contribution in [-0.2, 0) is 11.3 Å². The molecule has 2 aliphatic heterocycles. The van der Waals surface area contributed by atoms with Crippen LogP contribution in [0.3, 0.4) is 0 Å². The van der Waals surface area contributed by atoms with E-state index in [2.05, 4.69) is 50.2 Å². The van der Waals surface area contributed by atoms with Gasteiger partial charge in [-0.25, -0.2) is 4.98 Å². The average Bonchev–Trinajstić information content (AvgIpc) is 3.82. The average molecular weight is 613 g/mol. The van der Waals surface area contributed by atoms with Gasteiger partial charge in [0.2, 0.25) is 5.91 Å². The monoisotopic (exact) mass is 612 g/mol. The van der Waals surface area contributed by atoms with Crippen LogP contribution in [0.5, 0.6) is 0 Å². The summed E-state index contributed by atoms with van der Waals surface area (Å²) < 4.78 is 0. The van der Waals surface area contributed by atoms with Crippen LogP contribution in [0.1, 0.15) is 50.8 Å². The van der Waals surface area contributed by atoms with E-state index in [9.17, 15) is 14.7 Å². The lowest BCUT2D eigenvalue weighted by atomic mass is 10.0. The van der Waals surface area contributed by atoms with Gasteiger partial charge in [-0.3, -0.25) is 14.9 Å². The summed E-state index contributed by atoms with van der Waals surface area (Å²) in [4.78, 5) is 36.8. The van der Waals surface area contributed by atoms with Gasteiger partial charge in [0.1, 0.15) is 6.23 Å². The van der Waals surface area contributed by atoms with Gasteiger partial charge in [0.25, 0.3) is 5.91 Å². The van der Waals surface area contributed by atoms with Crippen molar-refractivity contribution in [3.05, 3.63) is 94.1 Å². The molecule has 5 aromatic rings. The number of aromatic amines is 1. The van der Waals surface area contributed by atoms with E-state index in [-0.39, 0.29) is 23.8 Å². The van der Waals surface area contributed by atoms with Crippen LogP contribution in [0.15, 0.2) is 73.1 Å². The quantitative estimate of drug-likeness (QED) is 0.148. The molecule has 5 N–H and O–H groups in total. The van der Waals surface area contributed by atoms with Gasteiger partial charge in [-0.15, -0.1) is 22.7 Å². The molecule has 0 aliphatic carbocycles. The number of aliphatic hydroxyl groups excluding tert-OH is 1. The third-order valence-corrected chi connectivity index (χ3v) is 10.3. The maximum absolute atomic E-state index is 13.0. The second-order valence-corrected chi connectivity index (χ2v) is 13.2. The number of fused-ring (bicyclic) bond motifs is 1. The molecule has 2 saturated heterocycles. The number of thiazole rings is 1. The Bertz CT molecular complexity index is 1750. The third kappa shape index (κ3) is 5.86. The van der Waals surface area contributed by atoms with Gasteiger partial charge in [0, 0.05) is 54.4 Å². The van der Waals surface area contributed by atoms with Gasteiger partial charge in [0.05, 0.1) is 25.8 Å². The SMILES string of the molecule is O=C(Nc1ccc(C(=O)N2CC(c3ncc(-c4ccc(CNC(O)c5c[nH]c6ccccc56)cc4)s3)C2)s1)[C@@H]1CCCN1. The lowest BCUT2D eigenvalue weighted by Gasteiger charge is -2.37.